The van der Waals surface area contributed by atoms with Gasteiger partial charge in [0.2, 0.25) is 0 Å². The SMILES string of the molecule is CC(C)(C)OC(=O)CSc1ccnc2cc(Br)cnc12. The molecule has 0 aliphatic carbocycles. The van der Waals surface area contributed by atoms with Crippen LogP contribution in [0, 0.1) is 0 Å². The number of esters is 1. The molecular formula is C14H15BrN2O2S. The Morgan fingerprint density at radius 3 is 2.85 bits per heavy atom. The Morgan fingerprint density at radius 1 is 1.40 bits per heavy atom. The molecule has 2 aromatic rings. The van der Waals surface area contributed by atoms with Gasteiger partial charge in [-0.15, -0.1) is 11.8 Å². The van der Waals surface area contributed by atoms with Crippen LogP contribution < -0.4 is 0 Å². The highest BCUT2D eigenvalue weighted by Gasteiger charge is 2.16. The molecule has 0 saturated heterocycles. The molecule has 0 saturated carbocycles. The Bertz CT molecular complexity index is 641. The lowest BCUT2D eigenvalue weighted by Gasteiger charge is -2.19. The van der Waals surface area contributed by atoms with Crippen LogP contribution in [0.4, 0.5) is 0 Å². The molecule has 0 unspecified atom stereocenters. The molecule has 0 radical (unpaired) electrons. The first-order valence-corrected chi connectivity index (χ1v) is 7.88. The van der Waals surface area contributed by atoms with E-state index in [0.29, 0.717) is 0 Å². The van der Waals surface area contributed by atoms with E-state index in [1.807, 2.05) is 32.9 Å². The standard InChI is InChI=1S/C14H15BrN2O2S/c1-14(2,3)19-12(18)8-20-11-4-5-16-10-6-9(15)7-17-13(10)11/h4-7H,8H2,1-3H3. The average Bonchev–Trinajstić information content (AvgIpc) is 2.33. The maximum atomic E-state index is 11.7. The smallest absolute Gasteiger partial charge is 0.316 e. The summed E-state index contributed by atoms with van der Waals surface area (Å²) < 4.78 is 6.17. The molecular weight excluding hydrogens is 340 g/mol. The first-order valence-electron chi connectivity index (χ1n) is 6.10. The molecule has 0 aromatic carbocycles. The van der Waals surface area contributed by atoms with Gasteiger partial charge < -0.3 is 4.74 Å². The van der Waals surface area contributed by atoms with Crippen LogP contribution in [0.2, 0.25) is 0 Å². The molecule has 106 valence electrons. The summed E-state index contributed by atoms with van der Waals surface area (Å²) in [7, 11) is 0. The summed E-state index contributed by atoms with van der Waals surface area (Å²) in [4.78, 5) is 21.3. The van der Waals surface area contributed by atoms with Gasteiger partial charge in [0.05, 0.1) is 11.3 Å². The van der Waals surface area contributed by atoms with Gasteiger partial charge in [0.25, 0.3) is 0 Å². The van der Waals surface area contributed by atoms with Gasteiger partial charge in [0.1, 0.15) is 11.1 Å². The zero-order valence-electron chi connectivity index (χ0n) is 11.5. The van der Waals surface area contributed by atoms with E-state index >= 15 is 0 Å². The molecule has 2 rings (SSSR count). The summed E-state index contributed by atoms with van der Waals surface area (Å²) in [5.74, 6) is 0.0262. The predicted molar refractivity (Wildman–Crippen MR) is 83.8 cm³/mol. The van der Waals surface area contributed by atoms with E-state index in [2.05, 4.69) is 25.9 Å². The largest absolute Gasteiger partial charge is 0.459 e. The highest BCUT2D eigenvalue weighted by atomic mass is 79.9. The van der Waals surface area contributed by atoms with Crippen molar-refractivity contribution < 1.29 is 9.53 Å². The van der Waals surface area contributed by atoms with Gasteiger partial charge in [-0.25, -0.2) is 0 Å². The Balaban J connectivity index is 2.12. The van der Waals surface area contributed by atoms with Crippen LogP contribution in [-0.2, 0) is 9.53 Å². The van der Waals surface area contributed by atoms with Crippen molar-refractivity contribution in [2.75, 3.05) is 5.75 Å². The van der Waals surface area contributed by atoms with Gasteiger partial charge in [-0.3, -0.25) is 14.8 Å². The Kier molecular flexibility index (Phi) is 4.65. The number of thioether (sulfide) groups is 1. The van der Waals surface area contributed by atoms with Crippen LogP contribution in [0.1, 0.15) is 20.8 Å². The predicted octanol–water partition coefficient (Wildman–Crippen LogP) is 3.83. The van der Waals surface area contributed by atoms with Crippen molar-refractivity contribution in [3.05, 3.63) is 29.0 Å². The maximum Gasteiger partial charge on any atom is 0.316 e. The quantitative estimate of drug-likeness (QED) is 0.619. The molecule has 0 amide bonds. The summed E-state index contributed by atoms with van der Waals surface area (Å²) in [6.45, 7) is 5.57. The molecule has 0 bridgehead atoms. The molecule has 6 heteroatoms. The van der Waals surface area contributed by atoms with Crippen molar-refractivity contribution in [2.24, 2.45) is 0 Å². The Labute approximate surface area is 130 Å². The second kappa shape index (κ2) is 6.10. The van der Waals surface area contributed by atoms with Crippen molar-refractivity contribution in [2.45, 2.75) is 31.3 Å². The summed E-state index contributed by atoms with van der Waals surface area (Å²) in [6, 6.07) is 3.76. The molecule has 0 aliphatic rings. The Morgan fingerprint density at radius 2 is 2.15 bits per heavy atom. The molecule has 2 heterocycles. The van der Waals surface area contributed by atoms with Crippen LogP contribution in [0.5, 0.6) is 0 Å². The number of carbonyl (C=O) groups is 1. The second-order valence-corrected chi connectivity index (χ2v) is 7.14. The van der Waals surface area contributed by atoms with Crippen LogP contribution in [0.25, 0.3) is 11.0 Å². The molecule has 4 nitrogen and oxygen atoms in total. The van der Waals surface area contributed by atoms with Gasteiger partial charge in [-0.2, -0.15) is 0 Å². The highest BCUT2D eigenvalue weighted by molar-refractivity contribution is 9.10. The number of hydrogen-bond donors (Lipinski definition) is 0. The number of aromatic nitrogens is 2. The summed E-state index contributed by atoms with van der Waals surface area (Å²) in [5, 5.41) is 0. The van der Waals surface area contributed by atoms with E-state index in [4.69, 9.17) is 4.74 Å². The maximum absolute atomic E-state index is 11.7. The van der Waals surface area contributed by atoms with E-state index < -0.39 is 5.60 Å². The van der Waals surface area contributed by atoms with Gasteiger partial charge in [0, 0.05) is 21.8 Å². The van der Waals surface area contributed by atoms with Crippen LogP contribution in [0.15, 0.2) is 33.9 Å². The van der Waals surface area contributed by atoms with Crippen molar-refractivity contribution in [1.82, 2.24) is 9.97 Å². The van der Waals surface area contributed by atoms with Gasteiger partial charge in [0.15, 0.2) is 0 Å². The van der Waals surface area contributed by atoms with E-state index in [0.717, 1.165) is 20.4 Å². The Hall–Kier alpha value is -1.14. The van der Waals surface area contributed by atoms with E-state index in [9.17, 15) is 4.79 Å². The number of rotatable bonds is 3. The lowest BCUT2D eigenvalue weighted by Crippen LogP contribution is -2.24. The average molecular weight is 355 g/mol. The third-order valence-corrected chi connectivity index (χ3v) is 3.73. The topological polar surface area (TPSA) is 52.1 Å². The lowest BCUT2D eigenvalue weighted by atomic mass is 10.2. The number of ether oxygens (including phenoxy) is 1. The highest BCUT2D eigenvalue weighted by Crippen LogP contribution is 2.26. The third-order valence-electron chi connectivity index (χ3n) is 2.27. The minimum absolute atomic E-state index is 0.232. The van der Waals surface area contributed by atoms with Crippen molar-refractivity contribution >= 4 is 44.7 Å². The zero-order chi connectivity index (χ0) is 14.8. The second-order valence-electron chi connectivity index (χ2n) is 5.21. The first kappa shape index (κ1) is 15.3. The number of pyridine rings is 2. The molecule has 0 fully saturated rings. The van der Waals surface area contributed by atoms with Crippen molar-refractivity contribution in [1.29, 1.82) is 0 Å². The van der Waals surface area contributed by atoms with Gasteiger partial charge in [-0.1, -0.05) is 0 Å². The summed E-state index contributed by atoms with van der Waals surface area (Å²) >= 11 is 4.78. The fourth-order valence-corrected chi connectivity index (χ4v) is 2.71. The summed E-state index contributed by atoms with van der Waals surface area (Å²) in [5.41, 5.74) is 1.14. The fraction of sp³-hybridized carbons (Fsp3) is 0.357. The lowest BCUT2D eigenvalue weighted by molar-refractivity contribution is -0.151. The first-order chi connectivity index (χ1) is 9.35. The number of halogens is 1. The third kappa shape index (κ3) is 4.18. The molecule has 2 aromatic heterocycles. The number of carbonyl (C=O) groups excluding carboxylic acids is 1. The minimum atomic E-state index is -0.457. The molecule has 0 N–H and O–H groups in total. The van der Waals surface area contributed by atoms with Crippen molar-refractivity contribution in [3.63, 3.8) is 0 Å². The number of fused-ring (bicyclic) bond motifs is 1. The summed E-state index contributed by atoms with van der Waals surface area (Å²) in [6.07, 6.45) is 3.44. The minimum Gasteiger partial charge on any atom is -0.459 e. The monoisotopic (exact) mass is 354 g/mol. The van der Waals surface area contributed by atoms with Gasteiger partial charge >= 0.3 is 5.97 Å². The fourth-order valence-electron chi connectivity index (χ4n) is 1.61. The number of hydrogen-bond acceptors (Lipinski definition) is 5. The normalized spacial score (nSPS) is 11.6. The number of nitrogens with zero attached hydrogens (tertiary/aromatic N) is 2. The molecule has 0 aliphatic heterocycles. The molecule has 0 atom stereocenters. The van der Waals surface area contributed by atoms with Crippen LogP contribution in [-0.4, -0.2) is 27.3 Å². The van der Waals surface area contributed by atoms with E-state index in [1.165, 1.54) is 11.8 Å². The van der Waals surface area contributed by atoms with E-state index in [-0.39, 0.29) is 11.7 Å². The van der Waals surface area contributed by atoms with Crippen molar-refractivity contribution in [3.8, 4) is 0 Å². The van der Waals surface area contributed by atoms with Gasteiger partial charge in [-0.05, 0) is 48.8 Å². The van der Waals surface area contributed by atoms with E-state index in [1.54, 1.807) is 12.4 Å². The molecule has 20 heavy (non-hydrogen) atoms. The van der Waals surface area contributed by atoms with Crippen LogP contribution in [0.3, 0.4) is 0 Å². The molecule has 0 spiro atoms. The van der Waals surface area contributed by atoms with Crippen LogP contribution >= 0.6 is 27.7 Å². The zero-order valence-corrected chi connectivity index (χ0v) is 13.9.